The summed E-state index contributed by atoms with van der Waals surface area (Å²) in [7, 11) is 0. The minimum atomic E-state index is -0.379. The SMILES string of the molecule is CCOC(=O)Cc1cc(C#N)cc(Cl)n1. The monoisotopic (exact) mass is 224 g/mol. The Bertz CT molecular complexity index is 412. The highest BCUT2D eigenvalue weighted by atomic mass is 35.5. The molecule has 0 fully saturated rings. The zero-order valence-corrected chi connectivity index (χ0v) is 8.91. The quantitative estimate of drug-likeness (QED) is 0.579. The van der Waals surface area contributed by atoms with E-state index in [1.807, 2.05) is 6.07 Å². The summed E-state index contributed by atoms with van der Waals surface area (Å²) in [4.78, 5) is 15.1. The van der Waals surface area contributed by atoms with Crippen molar-refractivity contribution in [2.24, 2.45) is 0 Å². The van der Waals surface area contributed by atoms with E-state index in [0.717, 1.165) is 0 Å². The maximum absolute atomic E-state index is 11.1. The van der Waals surface area contributed by atoms with Crippen molar-refractivity contribution in [2.75, 3.05) is 6.61 Å². The van der Waals surface area contributed by atoms with Gasteiger partial charge in [0.2, 0.25) is 0 Å². The van der Waals surface area contributed by atoms with E-state index in [1.54, 1.807) is 6.92 Å². The van der Waals surface area contributed by atoms with Gasteiger partial charge in [-0.3, -0.25) is 4.79 Å². The Hall–Kier alpha value is -1.60. The summed E-state index contributed by atoms with van der Waals surface area (Å²) in [5.74, 6) is -0.379. The minimum Gasteiger partial charge on any atom is -0.466 e. The number of rotatable bonds is 3. The number of aromatic nitrogens is 1. The summed E-state index contributed by atoms with van der Waals surface area (Å²) >= 11 is 5.67. The third-order valence-electron chi connectivity index (χ3n) is 1.61. The molecule has 0 N–H and O–H groups in total. The molecule has 0 aliphatic rings. The van der Waals surface area contributed by atoms with E-state index < -0.39 is 0 Å². The molecular formula is C10H9ClN2O2. The molecule has 1 aromatic rings. The molecule has 0 unspecified atom stereocenters. The molecule has 0 aliphatic heterocycles. The molecule has 78 valence electrons. The van der Waals surface area contributed by atoms with Gasteiger partial charge in [-0.25, -0.2) is 4.98 Å². The van der Waals surface area contributed by atoms with Crippen LogP contribution in [0.25, 0.3) is 0 Å². The number of carbonyl (C=O) groups is 1. The zero-order chi connectivity index (χ0) is 11.3. The average molecular weight is 225 g/mol. The molecular weight excluding hydrogens is 216 g/mol. The predicted octanol–water partition coefficient (Wildman–Crippen LogP) is 1.71. The van der Waals surface area contributed by atoms with Gasteiger partial charge in [0.1, 0.15) is 5.15 Å². The van der Waals surface area contributed by atoms with Crippen molar-refractivity contribution in [1.29, 1.82) is 5.26 Å². The lowest BCUT2D eigenvalue weighted by molar-refractivity contribution is -0.142. The van der Waals surface area contributed by atoms with E-state index in [9.17, 15) is 4.79 Å². The van der Waals surface area contributed by atoms with Gasteiger partial charge in [-0.1, -0.05) is 11.6 Å². The number of esters is 1. The van der Waals surface area contributed by atoms with Gasteiger partial charge in [0, 0.05) is 0 Å². The van der Waals surface area contributed by atoms with Crippen molar-refractivity contribution >= 4 is 17.6 Å². The number of ether oxygens (including phenoxy) is 1. The Kier molecular flexibility index (Phi) is 4.07. The van der Waals surface area contributed by atoms with Crippen molar-refractivity contribution in [3.63, 3.8) is 0 Å². The van der Waals surface area contributed by atoms with Crippen LogP contribution in [0.5, 0.6) is 0 Å². The average Bonchev–Trinajstić information content (AvgIpc) is 2.17. The molecule has 0 saturated carbocycles. The van der Waals surface area contributed by atoms with Crippen LogP contribution in [0.1, 0.15) is 18.2 Å². The van der Waals surface area contributed by atoms with Gasteiger partial charge in [-0.15, -0.1) is 0 Å². The van der Waals surface area contributed by atoms with Crippen LogP contribution < -0.4 is 0 Å². The van der Waals surface area contributed by atoms with Crippen molar-refractivity contribution in [2.45, 2.75) is 13.3 Å². The standard InChI is InChI=1S/C10H9ClN2O2/c1-2-15-10(14)5-8-3-7(6-12)4-9(11)13-8/h3-4H,2,5H2,1H3. The number of nitrogens with zero attached hydrogens (tertiary/aromatic N) is 2. The van der Waals surface area contributed by atoms with Crippen LogP contribution in [0.15, 0.2) is 12.1 Å². The highest BCUT2D eigenvalue weighted by Gasteiger charge is 2.07. The fourth-order valence-electron chi connectivity index (χ4n) is 1.07. The summed E-state index contributed by atoms with van der Waals surface area (Å²) in [6, 6.07) is 4.89. The molecule has 15 heavy (non-hydrogen) atoms. The summed E-state index contributed by atoms with van der Waals surface area (Å²) in [6.45, 7) is 2.05. The molecule has 0 radical (unpaired) electrons. The third-order valence-corrected chi connectivity index (χ3v) is 1.80. The molecule has 1 aromatic heterocycles. The van der Waals surface area contributed by atoms with E-state index in [-0.39, 0.29) is 17.5 Å². The van der Waals surface area contributed by atoms with Gasteiger partial charge in [-0.2, -0.15) is 5.26 Å². The Morgan fingerprint density at radius 1 is 1.67 bits per heavy atom. The van der Waals surface area contributed by atoms with Crippen LogP contribution in [-0.4, -0.2) is 17.6 Å². The van der Waals surface area contributed by atoms with Crippen LogP contribution in [0, 0.1) is 11.3 Å². The molecule has 1 heterocycles. The van der Waals surface area contributed by atoms with Gasteiger partial charge in [0.05, 0.1) is 30.4 Å². The van der Waals surface area contributed by atoms with Gasteiger partial charge >= 0.3 is 5.97 Å². The number of halogens is 1. The fraction of sp³-hybridized carbons (Fsp3) is 0.300. The Labute approximate surface area is 92.4 Å². The lowest BCUT2D eigenvalue weighted by Gasteiger charge is -2.02. The first-order valence-corrected chi connectivity index (χ1v) is 4.75. The zero-order valence-electron chi connectivity index (χ0n) is 8.16. The number of nitriles is 1. The lowest BCUT2D eigenvalue weighted by Crippen LogP contribution is -2.09. The first kappa shape index (κ1) is 11.5. The second-order valence-corrected chi connectivity index (χ2v) is 3.15. The molecule has 0 saturated heterocycles. The highest BCUT2D eigenvalue weighted by Crippen LogP contribution is 2.10. The topological polar surface area (TPSA) is 63.0 Å². The maximum Gasteiger partial charge on any atom is 0.311 e. The first-order chi connectivity index (χ1) is 7.15. The molecule has 4 nitrogen and oxygen atoms in total. The van der Waals surface area contributed by atoms with Gasteiger partial charge < -0.3 is 4.74 Å². The molecule has 0 aromatic carbocycles. The number of carbonyl (C=O) groups excluding carboxylic acids is 1. The summed E-state index contributed by atoms with van der Waals surface area (Å²) < 4.78 is 4.75. The van der Waals surface area contributed by atoms with Crippen LogP contribution in [0.4, 0.5) is 0 Å². The Balaban J connectivity index is 2.82. The smallest absolute Gasteiger partial charge is 0.311 e. The van der Waals surface area contributed by atoms with Crippen molar-refractivity contribution in [3.8, 4) is 6.07 Å². The largest absolute Gasteiger partial charge is 0.466 e. The van der Waals surface area contributed by atoms with E-state index in [1.165, 1.54) is 12.1 Å². The second kappa shape index (κ2) is 5.32. The van der Waals surface area contributed by atoms with E-state index in [2.05, 4.69) is 4.98 Å². The summed E-state index contributed by atoms with van der Waals surface area (Å²) in [6.07, 6.45) is 0.0308. The number of hydrogen-bond acceptors (Lipinski definition) is 4. The maximum atomic E-state index is 11.1. The molecule has 0 amide bonds. The summed E-state index contributed by atoms with van der Waals surface area (Å²) in [5.41, 5.74) is 0.826. The van der Waals surface area contributed by atoms with E-state index >= 15 is 0 Å². The molecule has 0 spiro atoms. The third kappa shape index (κ3) is 3.56. The lowest BCUT2D eigenvalue weighted by atomic mass is 10.2. The number of hydrogen-bond donors (Lipinski definition) is 0. The molecule has 1 rings (SSSR count). The van der Waals surface area contributed by atoms with Gasteiger partial charge in [0.25, 0.3) is 0 Å². The Morgan fingerprint density at radius 2 is 2.40 bits per heavy atom. The normalized spacial score (nSPS) is 9.40. The van der Waals surface area contributed by atoms with Crippen molar-refractivity contribution in [1.82, 2.24) is 4.98 Å². The van der Waals surface area contributed by atoms with Crippen LogP contribution in [0.3, 0.4) is 0 Å². The van der Waals surface area contributed by atoms with Crippen LogP contribution in [-0.2, 0) is 16.0 Å². The fourth-order valence-corrected chi connectivity index (χ4v) is 1.29. The van der Waals surface area contributed by atoms with E-state index in [4.69, 9.17) is 21.6 Å². The second-order valence-electron chi connectivity index (χ2n) is 2.76. The van der Waals surface area contributed by atoms with Crippen LogP contribution in [0.2, 0.25) is 5.15 Å². The highest BCUT2D eigenvalue weighted by molar-refractivity contribution is 6.29. The van der Waals surface area contributed by atoms with Gasteiger partial charge in [-0.05, 0) is 19.1 Å². The minimum absolute atomic E-state index is 0.0308. The predicted molar refractivity (Wildman–Crippen MR) is 54.3 cm³/mol. The van der Waals surface area contributed by atoms with Crippen LogP contribution >= 0.6 is 11.6 Å². The molecule has 5 heteroatoms. The van der Waals surface area contributed by atoms with Crippen molar-refractivity contribution < 1.29 is 9.53 Å². The molecule has 0 bridgehead atoms. The first-order valence-electron chi connectivity index (χ1n) is 4.38. The summed E-state index contributed by atoms with van der Waals surface area (Å²) in [5, 5.41) is 8.87. The number of pyridine rings is 1. The Morgan fingerprint density at radius 3 is 3.00 bits per heavy atom. The van der Waals surface area contributed by atoms with Gasteiger partial charge in [0.15, 0.2) is 0 Å². The van der Waals surface area contributed by atoms with E-state index in [0.29, 0.717) is 17.9 Å². The molecule has 0 atom stereocenters. The van der Waals surface area contributed by atoms with Crippen molar-refractivity contribution in [3.05, 3.63) is 28.5 Å². The molecule has 0 aliphatic carbocycles.